The molecule has 90 valence electrons. The Labute approximate surface area is 94.8 Å². The lowest BCUT2D eigenvalue weighted by Gasteiger charge is -2.34. The summed E-state index contributed by atoms with van der Waals surface area (Å²) in [6.07, 6.45) is 5.31. The fourth-order valence-corrected chi connectivity index (χ4v) is 2.93. The van der Waals surface area contributed by atoms with Crippen molar-refractivity contribution in [3.63, 3.8) is 0 Å². The van der Waals surface area contributed by atoms with Crippen LogP contribution in [0.25, 0.3) is 0 Å². The number of methoxy groups -OCH3 is 1. The Morgan fingerprint density at radius 3 is 2.67 bits per heavy atom. The van der Waals surface area contributed by atoms with Gasteiger partial charge in [-0.05, 0) is 37.1 Å². The Hall–Kier alpha value is -0.0800. The molecule has 0 aromatic heterocycles. The largest absolute Gasteiger partial charge is 0.383 e. The monoisotopic (exact) mass is 213 g/mol. The summed E-state index contributed by atoms with van der Waals surface area (Å²) in [7, 11) is 1.81. The number of ether oxygens (including phenoxy) is 1. The Morgan fingerprint density at radius 1 is 1.47 bits per heavy atom. The van der Waals surface area contributed by atoms with Crippen LogP contribution in [0.5, 0.6) is 0 Å². The van der Waals surface area contributed by atoms with Crippen molar-refractivity contribution in [2.45, 2.75) is 52.5 Å². The van der Waals surface area contributed by atoms with Gasteiger partial charge in [-0.15, -0.1) is 0 Å². The summed E-state index contributed by atoms with van der Waals surface area (Å²) >= 11 is 0. The molecule has 2 atom stereocenters. The van der Waals surface area contributed by atoms with Crippen molar-refractivity contribution < 1.29 is 4.74 Å². The lowest BCUT2D eigenvalue weighted by atomic mass is 9.77. The summed E-state index contributed by atoms with van der Waals surface area (Å²) in [6.45, 7) is 8.99. The van der Waals surface area contributed by atoms with Crippen LogP contribution in [-0.2, 0) is 4.74 Å². The van der Waals surface area contributed by atoms with Crippen molar-refractivity contribution in [3.8, 4) is 0 Å². The Bertz CT molecular complexity index is 179. The summed E-state index contributed by atoms with van der Waals surface area (Å²) in [5.41, 5.74) is 0.490. The van der Waals surface area contributed by atoms with Crippen LogP contribution in [0.2, 0.25) is 0 Å². The highest BCUT2D eigenvalue weighted by molar-refractivity contribution is 4.92. The Morgan fingerprint density at radius 2 is 2.20 bits per heavy atom. The van der Waals surface area contributed by atoms with E-state index in [-0.39, 0.29) is 0 Å². The van der Waals surface area contributed by atoms with Crippen molar-refractivity contribution >= 4 is 0 Å². The SMILES string of the molecule is CCCNC(COC)C1CCCC1(C)C. The van der Waals surface area contributed by atoms with E-state index < -0.39 is 0 Å². The lowest BCUT2D eigenvalue weighted by Crippen LogP contribution is -2.44. The van der Waals surface area contributed by atoms with Gasteiger partial charge in [0.05, 0.1) is 6.61 Å². The minimum absolute atomic E-state index is 0.490. The molecule has 2 nitrogen and oxygen atoms in total. The molecule has 1 rings (SSSR count). The second kappa shape index (κ2) is 5.86. The average Bonchev–Trinajstić information content (AvgIpc) is 2.53. The maximum Gasteiger partial charge on any atom is 0.0618 e. The molecule has 0 aliphatic heterocycles. The van der Waals surface area contributed by atoms with E-state index in [1.807, 2.05) is 7.11 Å². The summed E-state index contributed by atoms with van der Waals surface area (Å²) in [5.74, 6) is 0.781. The quantitative estimate of drug-likeness (QED) is 0.732. The van der Waals surface area contributed by atoms with E-state index in [9.17, 15) is 0 Å². The van der Waals surface area contributed by atoms with Crippen molar-refractivity contribution in [1.82, 2.24) is 5.32 Å². The van der Waals surface area contributed by atoms with Gasteiger partial charge in [-0.3, -0.25) is 0 Å². The zero-order chi connectivity index (χ0) is 11.3. The molecule has 2 heteroatoms. The van der Waals surface area contributed by atoms with Crippen molar-refractivity contribution in [2.24, 2.45) is 11.3 Å². The topological polar surface area (TPSA) is 21.3 Å². The molecule has 1 aliphatic rings. The standard InChI is InChI=1S/C13H27NO/c1-5-9-14-12(10-15-4)11-7-6-8-13(11,2)3/h11-12,14H,5-10H2,1-4H3. The number of nitrogens with one attached hydrogen (secondary N) is 1. The molecule has 15 heavy (non-hydrogen) atoms. The molecular weight excluding hydrogens is 186 g/mol. The fraction of sp³-hybridized carbons (Fsp3) is 1.00. The zero-order valence-corrected chi connectivity index (χ0v) is 10.8. The molecular formula is C13H27NO. The van der Waals surface area contributed by atoms with Gasteiger partial charge in [0.1, 0.15) is 0 Å². The van der Waals surface area contributed by atoms with Crippen LogP contribution >= 0.6 is 0 Å². The Balaban J connectivity index is 2.53. The predicted molar refractivity (Wildman–Crippen MR) is 65.1 cm³/mol. The van der Waals surface area contributed by atoms with Gasteiger partial charge in [0.2, 0.25) is 0 Å². The molecule has 1 N–H and O–H groups in total. The third-order valence-electron chi connectivity index (χ3n) is 3.83. The van der Waals surface area contributed by atoms with Crippen LogP contribution in [0.15, 0.2) is 0 Å². The second-order valence-electron chi connectivity index (χ2n) is 5.50. The minimum atomic E-state index is 0.490. The maximum atomic E-state index is 5.34. The normalized spacial score (nSPS) is 26.8. The first-order chi connectivity index (χ1) is 7.11. The molecule has 0 bridgehead atoms. The number of hydrogen-bond acceptors (Lipinski definition) is 2. The summed E-state index contributed by atoms with van der Waals surface area (Å²) in [6, 6.07) is 0.549. The van der Waals surface area contributed by atoms with E-state index in [1.54, 1.807) is 0 Å². The Kier molecular flexibility index (Phi) is 5.07. The van der Waals surface area contributed by atoms with Crippen LogP contribution in [0.1, 0.15) is 46.5 Å². The molecule has 0 heterocycles. The highest BCUT2D eigenvalue weighted by atomic mass is 16.5. The molecule has 0 aromatic carbocycles. The first-order valence-corrected chi connectivity index (χ1v) is 6.34. The molecule has 0 saturated heterocycles. The van der Waals surface area contributed by atoms with E-state index >= 15 is 0 Å². The molecule has 1 fully saturated rings. The molecule has 0 aromatic rings. The van der Waals surface area contributed by atoms with E-state index in [4.69, 9.17) is 4.74 Å². The smallest absolute Gasteiger partial charge is 0.0618 e. The van der Waals surface area contributed by atoms with Crippen molar-refractivity contribution in [3.05, 3.63) is 0 Å². The summed E-state index contributed by atoms with van der Waals surface area (Å²) in [5, 5.41) is 3.64. The summed E-state index contributed by atoms with van der Waals surface area (Å²) < 4.78 is 5.34. The fourth-order valence-electron chi connectivity index (χ4n) is 2.93. The van der Waals surface area contributed by atoms with Gasteiger partial charge in [0, 0.05) is 13.2 Å². The maximum absolute atomic E-state index is 5.34. The van der Waals surface area contributed by atoms with Gasteiger partial charge in [-0.25, -0.2) is 0 Å². The zero-order valence-electron chi connectivity index (χ0n) is 10.8. The molecule has 1 aliphatic carbocycles. The lowest BCUT2D eigenvalue weighted by molar-refractivity contribution is 0.102. The molecule has 1 saturated carbocycles. The van der Waals surface area contributed by atoms with Crippen molar-refractivity contribution in [1.29, 1.82) is 0 Å². The first kappa shape index (κ1) is 13.0. The van der Waals surface area contributed by atoms with Crippen LogP contribution in [0.4, 0.5) is 0 Å². The van der Waals surface area contributed by atoms with Gasteiger partial charge in [-0.2, -0.15) is 0 Å². The third kappa shape index (κ3) is 3.46. The van der Waals surface area contributed by atoms with Crippen LogP contribution in [-0.4, -0.2) is 26.3 Å². The highest BCUT2D eigenvalue weighted by Crippen LogP contribution is 2.44. The van der Waals surface area contributed by atoms with Gasteiger partial charge < -0.3 is 10.1 Å². The highest BCUT2D eigenvalue weighted by Gasteiger charge is 2.39. The molecule has 0 radical (unpaired) electrons. The number of hydrogen-bond donors (Lipinski definition) is 1. The number of rotatable bonds is 6. The predicted octanol–water partition coefficient (Wildman–Crippen LogP) is 2.83. The van der Waals surface area contributed by atoms with Gasteiger partial charge in [-0.1, -0.05) is 27.2 Å². The van der Waals surface area contributed by atoms with Crippen LogP contribution in [0, 0.1) is 11.3 Å². The van der Waals surface area contributed by atoms with E-state index in [0.717, 1.165) is 19.1 Å². The third-order valence-corrected chi connectivity index (χ3v) is 3.83. The molecule has 0 amide bonds. The van der Waals surface area contributed by atoms with E-state index in [2.05, 4.69) is 26.1 Å². The molecule has 2 unspecified atom stereocenters. The second-order valence-corrected chi connectivity index (χ2v) is 5.50. The van der Waals surface area contributed by atoms with Crippen LogP contribution in [0.3, 0.4) is 0 Å². The van der Waals surface area contributed by atoms with E-state index in [0.29, 0.717) is 11.5 Å². The summed E-state index contributed by atoms with van der Waals surface area (Å²) in [4.78, 5) is 0. The van der Waals surface area contributed by atoms with E-state index in [1.165, 1.54) is 25.7 Å². The molecule has 0 spiro atoms. The minimum Gasteiger partial charge on any atom is -0.383 e. The van der Waals surface area contributed by atoms with Gasteiger partial charge >= 0.3 is 0 Å². The van der Waals surface area contributed by atoms with Gasteiger partial charge in [0.25, 0.3) is 0 Å². The average molecular weight is 213 g/mol. The van der Waals surface area contributed by atoms with Gasteiger partial charge in [0.15, 0.2) is 0 Å². The van der Waals surface area contributed by atoms with Crippen LogP contribution < -0.4 is 5.32 Å². The van der Waals surface area contributed by atoms with Crippen molar-refractivity contribution in [2.75, 3.05) is 20.3 Å². The first-order valence-electron chi connectivity index (χ1n) is 6.34.